The Kier molecular flexibility index (Phi) is 4.36. The van der Waals surface area contributed by atoms with Crippen molar-refractivity contribution in [3.05, 3.63) is 89.0 Å². The first-order valence-electron chi connectivity index (χ1n) is 10.5. The van der Waals surface area contributed by atoms with Crippen molar-refractivity contribution >= 4 is 11.9 Å². The first-order valence-corrected chi connectivity index (χ1v) is 10.5. The van der Waals surface area contributed by atoms with E-state index in [1.807, 2.05) is 48.5 Å². The molecule has 2 aliphatic rings. The SMILES string of the molecule is Cc1ccc(-c2ccc3c(c2)C2(CC(c4ccccc4)O3)N=C(N)N(C)C2=O)cc1C. The number of rotatable bonds is 2. The van der Waals surface area contributed by atoms with Crippen molar-refractivity contribution in [2.75, 3.05) is 7.05 Å². The Morgan fingerprint density at radius 2 is 1.71 bits per heavy atom. The molecule has 0 fully saturated rings. The fourth-order valence-corrected chi connectivity index (χ4v) is 4.49. The Hall–Kier alpha value is -3.60. The number of ether oxygens (including phenoxy) is 1. The van der Waals surface area contributed by atoms with Gasteiger partial charge in [0, 0.05) is 19.0 Å². The highest BCUT2D eigenvalue weighted by Gasteiger charge is 2.53. The van der Waals surface area contributed by atoms with Crippen molar-refractivity contribution in [3.63, 3.8) is 0 Å². The largest absolute Gasteiger partial charge is 0.485 e. The summed E-state index contributed by atoms with van der Waals surface area (Å²) in [5.74, 6) is 0.793. The van der Waals surface area contributed by atoms with E-state index in [4.69, 9.17) is 15.5 Å². The number of carbonyl (C=O) groups is 1. The average Bonchev–Trinajstić information content (AvgIpc) is 3.00. The minimum absolute atomic E-state index is 0.118. The molecule has 2 heterocycles. The lowest BCUT2D eigenvalue weighted by Gasteiger charge is -2.37. The molecule has 1 amide bonds. The summed E-state index contributed by atoms with van der Waals surface area (Å²) in [4.78, 5) is 19.6. The zero-order chi connectivity index (χ0) is 21.8. The second kappa shape index (κ2) is 6.98. The van der Waals surface area contributed by atoms with E-state index in [-0.39, 0.29) is 18.0 Å². The molecule has 0 aromatic heterocycles. The van der Waals surface area contributed by atoms with Crippen LogP contribution in [0.25, 0.3) is 11.1 Å². The fourth-order valence-electron chi connectivity index (χ4n) is 4.49. The smallest absolute Gasteiger partial charge is 0.261 e. The maximum absolute atomic E-state index is 13.5. The third-order valence-corrected chi connectivity index (χ3v) is 6.49. The summed E-state index contributed by atoms with van der Waals surface area (Å²) in [7, 11) is 1.68. The van der Waals surface area contributed by atoms with E-state index >= 15 is 0 Å². The number of hydrogen-bond acceptors (Lipinski definition) is 4. The molecule has 2 N–H and O–H groups in total. The van der Waals surface area contributed by atoms with Gasteiger partial charge in [-0.1, -0.05) is 54.6 Å². The van der Waals surface area contributed by atoms with Gasteiger partial charge in [0.2, 0.25) is 0 Å². The van der Waals surface area contributed by atoms with Gasteiger partial charge in [-0.25, -0.2) is 4.99 Å². The van der Waals surface area contributed by atoms with E-state index < -0.39 is 5.54 Å². The number of hydrogen-bond donors (Lipinski definition) is 1. The monoisotopic (exact) mass is 411 g/mol. The first kappa shape index (κ1) is 19.4. The molecule has 2 unspecified atom stereocenters. The summed E-state index contributed by atoms with van der Waals surface area (Å²) in [6, 6.07) is 22.4. The second-order valence-electron chi connectivity index (χ2n) is 8.43. The van der Waals surface area contributed by atoms with Gasteiger partial charge in [0.1, 0.15) is 11.9 Å². The molecule has 0 aliphatic carbocycles. The number of nitrogens with two attached hydrogens (primary N) is 1. The summed E-state index contributed by atoms with van der Waals surface area (Å²) in [5, 5.41) is 0. The highest BCUT2D eigenvalue weighted by molar-refractivity contribution is 6.07. The molecule has 0 bridgehead atoms. The molecule has 0 saturated heterocycles. The zero-order valence-electron chi connectivity index (χ0n) is 17.9. The lowest BCUT2D eigenvalue weighted by molar-refractivity contribution is -0.132. The van der Waals surface area contributed by atoms with Crippen LogP contribution in [0.4, 0.5) is 0 Å². The van der Waals surface area contributed by atoms with Gasteiger partial charge in [-0.2, -0.15) is 0 Å². The van der Waals surface area contributed by atoms with Crippen LogP contribution in [-0.4, -0.2) is 23.8 Å². The standard InChI is InChI=1S/C26H25N3O2/c1-16-9-10-19(13-17(16)2)20-11-12-22-21(14-20)26(24(30)29(3)25(27)28-26)15-23(31-22)18-7-5-4-6-8-18/h4-14,23H,15H2,1-3H3,(H2,27,28). The molecule has 5 heteroatoms. The van der Waals surface area contributed by atoms with Gasteiger partial charge in [-0.05, 0) is 53.8 Å². The van der Waals surface area contributed by atoms with Crippen LogP contribution in [0.5, 0.6) is 5.75 Å². The summed E-state index contributed by atoms with van der Waals surface area (Å²) in [6.07, 6.45) is 0.123. The van der Waals surface area contributed by atoms with E-state index in [1.165, 1.54) is 16.0 Å². The number of amides is 1. The Morgan fingerprint density at radius 1 is 1.00 bits per heavy atom. The van der Waals surface area contributed by atoms with Crippen molar-refractivity contribution in [3.8, 4) is 16.9 Å². The van der Waals surface area contributed by atoms with Gasteiger partial charge in [0.25, 0.3) is 5.91 Å². The molecular weight excluding hydrogens is 386 g/mol. The zero-order valence-corrected chi connectivity index (χ0v) is 17.9. The predicted octanol–water partition coefficient (Wildman–Crippen LogP) is 4.48. The quantitative estimate of drug-likeness (QED) is 0.676. The molecule has 1 spiro atoms. The van der Waals surface area contributed by atoms with E-state index in [2.05, 4.69) is 32.0 Å². The number of guanidine groups is 1. The average molecular weight is 412 g/mol. The highest BCUT2D eigenvalue weighted by Crippen LogP contribution is 2.50. The molecule has 2 atom stereocenters. The topological polar surface area (TPSA) is 67.9 Å². The molecule has 3 aromatic rings. The third kappa shape index (κ3) is 3.00. The number of nitrogens with zero attached hydrogens (tertiary/aromatic N) is 2. The predicted molar refractivity (Wildman–Crippen MR) is 122 cm³/mol. The number of aliphatic imine (C=N–C) groups is 1. The summed E-state index contributed by atoms with van der Waals surface area (Å²) in [6.45, 7) is 4.20. The number of likely N-dealkylation sites (N-methyl/N-ethyl adjacent to an activating group) is 1. The summed E-state index contributed by atoms with van der Waals surface area (Å²) < 4.78 is 6.38. The maximum atomic E-state index is 13.5. The van der Waals surface area contributed by atoms with Crippen LogP contribution >= 0.6 is 0 Å². The van der Waals surface area contributed by atoms with Crippen molar-refractivity contribution in [1.82, 2.24) is 4.90 Å². The molecule has 2 aliphatic heterocycles. The molecule has 3 aromatic carbocycles. The van der Waals surface area contributed by atoms with Crippen LogP contribution in [0.3, 0.4) is 0 Å². The molecular formula is C26H25N3O2. The Morgan fingerprint density at radius 3 is 2.39 bits per heavy atom. The van der Waals surface area contributed by atoms with Gasteiger partial charge < -0.3 is 10.5 Å². The molecule has 0 radical (unpaired) electrons. The van der Waals surface area contributed by atoms with E-state index in [0.717, 1.165) is 22.3 Å². The van der Waals surface area contributed by atoms with Crippen LogP contribution in [0, 0.1) is 13.8 Å². The molecule has 156 valence electrons. The van der Waals surface area contributed by atoms with Crippen molar-refractivity contribution in [1.29, 1.82) is 0 Å². The lowest BCUT2D eigenvalue weighted by Crippen LogP contribution is -2.43. The molecule has 0 saturated carbocycles. The number of carbonyl (C=O) groups excluding carboxylic acids is 1. The Labute approximate surface area is 182 Å². The molecule has 5 nitrogen and oxygen atoms in total. The van der Waals surface area contributed by atoms with Gasteiger partial charge in [-0.3, -0.25) is 9.69 Å². The Bertz CT molecular complexity index is 1220. The molecule has 31 heavy (non-hydrogen) atoms. The number of aryl methyl sites for hydroxylation is 2. The van der Waals surface area contributed by atoms with E-state index in [1.54, 1.807) is 7.05 Å². The van der Waals surface area contributed by atoms with Gasteiger partial charge in [-0.15, -0.1) is 0 Å². The van der Waals surface area contributed by atoms with Crippen molar-refractivity contribution in [2.24, 2.45) is 10.7 Å². The van der Waals surface area contributed by atoms with Gasteiger partial charge in [0.15, 0.2) is 11.5 Å². The van der Waals surface area contributed by atoms with Crippen LogP contribution in [-0.2, 0) is 10.3 Å². The highest BCUT2D eigenvalue weighted by atomic mass is 16.5. The normalized spacial score (nSPS) is 22.3. The maximum Gasteiger partial charge on any atom is 0.261 e. The Balaban J connectivity index is 1.67. The molecule has 5 rings (SSSR count). The first-order chi connectivity index (χ1) is 14.9. The fraction of sp³-hybridized carbons (Fsp3) is 0.231. The second-order valence-corrected chi connectivity index (χ2v) is 8.43. The van der Waals surface area contributed by atoms with Crippen molar-refractivity contribution in [2.45, 2.75) is 31.9 Å². The minimum atomic E-state index is -1.08. The summed E-state index contributed by atoms with van der Waals surface area (Å²) >= 11 is 0. The summed E-state index contributed by atoms with van der Waals surface area (Å²) in [5.41, 5.74) is 11.4. The van der Waals surface area contributed by atoms with Gasteiger partial charge >= 0.3 is 0 Å². The lowest BCUT2D eigenvalue weighted by atomic mass is 9.79. The number of benzene rings is 3. The third-order valence-electron chi connectivity index (χ3n) is 6.49. The van der Waals surface area contributed by atoms with Crippen LogP contribution < -0.4 is 10.5 Å². The van der Waals surface area contributed by atoms with Crippen LogP contribution in [0.1, 0.15) is 34.8 Å². The van der Waals surface area contributed by atoms with E-state index in [0.29, 0.717) is 12.2 Å². The van der Waals surface area contributed by atoms with E-state index in [9.17, 15) is 4.79 Å². The van der Waals surface area contributed by atoms with Crippen LogP contribution in [0.15, 0.2) is 71.7 Å². The minimum Gasteiger partial charge on any atom is -0.485 e. The van der Waals surface area contributed by atoms with Crippen molar-refractivity contribution < 1.29 is 9.53 Å². The number of fused-ring (bicyclic) bond motifs is 2. The van der Waals surface area contributed by atoms with Gasteiger partial charge in [0.05, 0.1) is 0 Å². The van der Waals surface area contributed by atoms with Crippen LogP contribution in [0.2, 0.25) is 0 Å².